The molecule has 0 spiro atoms. The highest BCUT2D eigenvalue weighted by molar-refractivity contribution is 5.79. The predicted molar refractivity (Wildman–Crippen MR) is 95.3 cm³/mol. The first-order chi connectivity index (χ1) is 10.6. The standard InChI is InChI=1S/C18H36N4/c1-15(2)12-21-9-6-8-17(14-21)11-20-18(19-4)22-10-5-7-16(3)13-22/h15-17H,5-14H2,1-4H3,(H,19,20). The van der Waals surface area contributed by atoms with Gasteiger partial charge in [-0.2, -0.15) is 0 Å². The van der Waals surface area contributed by atoms with E-state index in [0.717, 1.165) is 43.3 Å². The van der Waals surface area contributed by atoms with E-state index in [2.05, 4.69) is 40.9 Å². The van der Waals surface area contributed by atoms with Gasteiger partial charge in [0.25, 0.3) is 0 Å². The van der Waals surface area contributed by atoms with Gasteiger partial charge in [0, 0.05) is 39.8 Å². The predicted octanol–water partition coefficient (Wildman–Crippen LogP) is 2.66. The Labute approximate surface area is 137 Å². The van der Waals surface area contributed by atoms with Crippen LogP contribution in [0.4, 0.5) is 0 Å². The number of hydrogen-bond donors (Lipinski definition) is 1. The van der Waals surface area contributed by atoms with E-state index in [1.807, 2.05) is 7.05 Å². The topological polar surface area (TPSA) is 30.9 Å². The van der Waals surface area contributed by atoms with E-state index in [4.69, 9.17) is 0 Å². The molecule has 22 heavy (non-hydrogen) atoms. The lowest BCUT2D eigenvalue weighted by Gasteiger charge is -2.36. The van der Waals surface area contributed by atoms with Gasteiger partial charge in [-0.05, 0) is 50.0 Å². The largest absolute Gasteiger partial charge is 0.356 e. The number of piperidine rings is 2. The van der Waals surface area contributed by atoms with Crippen molar-refractivity contribution in [2.45, 2.75) is 46.5 Å². The summed E-state index contributed by atoms with van der Waals surface area (Å²) in [7, 11) is 1.92. The van der Waals surface area contributed by atoms with Gasteiger partial charge < -0.3 is 15.1 Å². The lowest BCUT2D eigenvalue weighted by atomic mass is 9.97. The van der Waals surface area contributed by atoms with Crippen LogP contribution in [0, 0.1) is 17.8 Å². The zero-order valence-corrected chi connectivity index (χ0v) is 15.1. The van der Waals surface area contributed by atoms with Crippen molar-refractivity contribution >= 4 is 5.96 Å². The Balaban J connectivity index is 1.77. The third kappa shape index (κ3) is 5.45. The summed E-state index contributed by atoms with van der Waals surface area (Å²) in [5.41, 5.74) is 0. The molecule has 2 rings (SSSR count). The van der Waals surface area contributed by atoms with Gasteiger partial charge in [-0.15, -0.1) is 0 Å². The molecule has 0 radical (unpaired) electrons. The van der Waals surface area contributed by atoms with E-state index < -0.39 is 0 Å². The number of nitrogens with zero attached hydrogens (tertiary/aromatic N) is 3. The molecule has 4 heteroatoms. The molecular weight excluding hydrogens is 272 g/mol. The van der Waals surface area contributed by atoms with E-state index in [9.17, 15) is 0 Å². The third-order valence-corrected chi connectivity index (χ3v) is 4.94. The molecule has 2 atom stereocenters. The van der Waals surface area contributed by atoms with Crippen molar-refractivity contribution in [3.05, 3.63) is 0 Å². The average molecular weight is 309 g/mol. The zero-order chi connectivity index (χ0) is 15.9. The maximum Gasteiger partial charge on any atom is 0.193 e. The van der Waals surface area contributed by atoms with Crippen LogP contribution in [0.2, 0.25) is 0 Å². The fourth-order valence-electron chi connectivity index (χ4n) is 3.95. The van der Waals surface area contributed by atoms with Gasteiger partial charge in [-0.1, -0.05) is 20.8 Å². The van der Waals surface area contributed by atoms with Gasteiger partial charge in [-0.3, -0.25) is 4.99 Å². The maximum atomic E-state index is 4.52. The highest BCUT2D eigenvalue weighted by atomic mass is 15.3. The number of hydrogen-bond acceptors (Lipinski definition) is 2. The monoisotopic (exact) mass is 308 g/mol. The molecule has 2 saturated heterocycles. The minimum Gasteiger partial charge on any atom is -0.356 e. The Morgan fingerprint density at radius 2 is 1.95 bits per heavy atom. The second-order valence-corrected chi connectivity index (χ2v) is 7.78. The van der Waals surface area contributed by atoms with Crippen LogP contribution in [0.5, 0.6) is 0 Å². The number of likely N-dealkylation sites (tertiary alicyclic amines) is 2. The smallest absolute Gasteiger partial charge is 0.193 e. The maximum absolute atomic E-state index is 4.52. The first-order valence-electron chi connectivity index (χ1n) is 9.26. The second-order valence-electron chi connectivity index (χ2n) is 7.78. The van der Waals surface area contributed by atoms with Crippen molar-refractivity contribution < 1.29 is 0 Å². The molecule has 128 valence electrons. The Hall–Kier alpha value is -0.770. The molecule has 1 N–H and O–H groups in total. The molecule has 4 nitrogen and oxygen atoms in total. The van der Waals surface area contributed by atoms with Crippen molar-refractivity contribution in [1.82, 2.24) is 15.1 Å². The molecule has 2 fully saturated rings. The number of guanidine groups is 1. The van der Waals surface area contributed by atoms with Crippen molar-refractivity contribution in [2.24, 2.45) is 22.7 Å². The number of nitrogens with one attached hydrogen (secondary N) is 1. The zero-order valence-electron chi connectivity index (χ0n) is 15.1. The molecule has 0 aromatic rings. The minimum atomic E-state index is 0.770. The van der Waals surface area contributed by atoms with Crippen molar-refractivity contribution in [1.29, 1.82) is 0 Å². The molecular formula is C18H36N4. The van der Waals surface area contributed by atoms with Crippen LogP contribution in [0.1, 0.15) is 46.5 Å². The van der Waals surface area contributed by atoms with Crippen molar-refractivity contribution in [3.8, 4) is 0 Å². The van der Waals surface area contributed by atoms with Crippen LogP contribution in [0.3, 0.4) is 0 Å². The Bertz CT molecular complexity index is 353. The van der Waals surface area contributed by atoms with Crippen molar-refractivity contribution in [2.75, 3.05) is 46.3 Å². The van der Waals surface area contributed by atoms with Gasteiger partial charge >= 0.3 is 0 Å². The lowest BCUT2D eigenvalue weighted by Crippen LogP contribution is -2.49. The van der Waals surface area contributed by atoms with Gasteiger partial charge in [0.15, 0.2) is 5.96 Å². The number of rotatable bonds is 4. The molecule has 2 unspecified atom stereocenters. The highest BCUT2D eigenvalue weighted by Gasteiger charge is 2.23. The van der Waals surface area contributed by atoms with E-state index in [-0.39, 0.29) is 0 Å². The second kappa shape index (κ2) is 8.76. The highest BCUT2D eigenvalue weighted by Crippen LogP contribution is 2.18. The summed E-state index contributed by atoms with van der Waals surface area (Å²) in [4.78, 5) is 9.61. The lowest BCUT2D eigenvalue weighted by molar-refractivity contribution is 0.158. The van der Waals surface area contributed by atoms with Crippen molar-refractivity contribution in [3.63, 3.8) is 0 Å². The molecule has 2 heterocycles. The van der Waals surface area contributed by atoms with Crippen LogP contribution in [-0.4, -0.2) is 62.1 Å². The summed E-state index contributed by atoms with van der Waals surface area (Å²) in [5.74, 6) is 3.46. The quantitative estimate of drug-likeness (QED) is 0.640. The van der Waals surface area contributed by atoms with Crippen LogP contribution in [0.25, 0.3) is 0 Å². The normalized spacial score (nSPS) is 28.2. The summed E-state index contributed by atoms with van der Waals surface area (Å²) < 4.78 is 0. The fraction of sp³-hybridized carbons (Fsp3) is 0.944. The van der Waals surface area contributed by atoms with Gasteiger partial charge in [-0.25, -0.2) is 0 Å². The molecule has 0 amide bonds. The summed E-state index contributed by atoms with van der Waals surface area (Å²) in [5, 5.41) is 3.65. The molecule has 0 aliphatic carbocycles. The van der Waals surface area contributed by atoms with Crippen LogP contribution in [0.15, 0.2) is 4.99 Å². The van der Waals surface area contributed by atoms with E-state index >= 15 is 0 Å². The van der Waals surface area contributed by atoms with E-state index in [1.165, 1.54) is 45.3 Å². The Morgan fingerprint density at radius 3 is 2.64 bits per heavy atom. The van der Waals surface area contributed by atoms with Crippen LogP contribution >= 0.6 is 0 Å². The minimum absolute atomic E-state index is 0.770. The summed E-state index contributed by atoms with van der Waals surface area (Å²) >= 11 is 0. The summed E-state index contributed by atoms with van der Waals surface area (Å²) in [6, 6.07) is 0. The summed E-state index contributed by atoms with van der Waals surface area (Å²) in [6.07, 6.45) is 5.36. The first-order valence-corrected chi connectivity index (χ1v) is 9.26. The van der Waals surface area contributed by atoms with Crippen LogP contribution in [-0.2, 0) is 0 Å². The number of aliphatic imine (C=N–C) groups is 1. The molecule has 2 aliphatic rings. The molecule has 0 aromatic heterocycles. The van der Waals surface area contributed by atoms with Crippen LogP contribution < -0.4 is 5.32 Å². The van der Waals surface area contributed by atoms with E-state index in [1.54, 1.807) is 0 Å². The molecule has 0 aromatic carbocycles. The van der Waals surface area contributed by atoms with Gasteiger partial charge in [0.1, 0.15) is 0 Å². The third-order valence-electron chi connectivity index (χ3n) is 4.94. The molecule has 2 aliphatic heterocycles. The Kier molecular flexibility index (Phi) is 7.00. The first kappa shape index (κ1) is 17.6. The SMILES string of the molecule is CN=C(NCC1CCCN(CC(C)C)C1)N1CCCC(C)C1. The molecule has 0 bridgehead atoms. The Morgan fingerprint density at radius 1 is 1.18 bits per heavy atom. The van der Waals surface area contributed by atoms with E-state index in [0.29, 0.717) is 0 Å². The fourth-order valence-corrected chi connectivity index (χ4v) is 3.95. The van der Waals surface area contributed by atoms with Gasteiger partial charge in [0.05, 0.1) is 0 Å². The van der Waals surface area contributed by atoms with Gasteiger partial charge in [0.2, 0.25) is 0 Å². The molecule has 0 saturated carbocycles. The summed E-state index contributed by atoms with van der Waals surface area (Å²) in [6.45, 7) is 14.2. The average Bonchev–Trinajstić information content (AvgIpc) is 2.48.